The minimum atomic E-state index is -1.10. The van der Waals surface area contributed by atoms with E-state index in [1.54, 1.807) is 13.8 Å². The van der Waals surface area contributed by atoms with Crippen LogP contribution in [0.3, 0.4) is 0 Å². The van der Waals surface area contributed by atoms with Crippen LogP contribution in [-0.2, 0) is 15.0 Å². The molecular formula is C18H28N2O2. The molecule has 0 unspecified atom stereocenters. The highest BCUT2D eigenvalue weighted by Gasteiger charge is 2.35. The summed E-state index contributed by atoms with van der Waals surface area (Å²) < 4.78 is 0. The second-order valence-corrected chi connectivity index (χ2v) is 7.16. The molecule has 2 N–H and O–H groups in total. The van der Waals surface area contributed by atoms with Crippen molar-refractivity contribution in [1.82, 2.24) is 5.32 Å². The molecule has 0 aliphatic heterocycles. The van der Waals surface area contributed by atoms with Crippen molar-refractivity contribution in [2.45, 2.75) is 53.4 Å². The van der Waals surface area contributed by atoms with Gasteiger partial charge in [-0.1, -0.05) is 39.8 Å². The highest BCUT2D eigenvalue weighted by atomic mass is 16.2. The Morgan fingerprint density at radius 2 is 1.50 bits per heavy atom. The average Bonchev–Trinajstić information content (AvgIpc) is 2.44. The fourth-order valence-corrected chi connectivity index (χ4v) is 1.90. The van der Waals surface area contributed by atoms with Crippen molar-refractivity contribution < 1.29 is 9.59 Å². The molecule has 0 atom stereocenters. The standard InChI is InChI=1S/C18H28N2O2/c1-7-12-19-15(21)18(5,6)16(22)20-14-10-8-13(9-11-14)17(2,3)4/h8-11H,7,12H2,1-6H3,(H,19,21)(H,20,22). The summed E-state index contributed by atoms with van der Waals surface area (Å²) in [5.74, 6) is -0.553. The molecule has 1 aromatic carbocycles. The maximum atomic E-state index is 12.3. The van der Waals surface area contributed by atoms with Gasteiger partial charge in [0.2, 0.25) is 11.8 Å². The van der Waals surface area contributed by atoms with Gasteiger partial charge < -0.3 is 10.6 Å². The van der Waals surface area contributed by atoms with E-state index in [1.807, 2.05) is 31.2 Å². The second kappa shape index (κ2) is 6.95. The predicted molar refractivity (Wildman–Crippen MR) is 90.9 cm³/mol. The fourth-order valence-electron chi connectivity index (χ4n) is 1.90. The molecule has 0 saturated heterocycles. The highest BCUT2D eigenvalue weighted by Crippen LogP contribution is 2.24. The molecule has 0 aliphatic carbocycles. The Labute approximate surface area is 133 Å². The smallest absolute Gasteiger partial charge is 0.239 e. The average molecular weight is 304 g/mol. The number of amides is 2. The lowest BCUT2D eigenvalue weighted by Gasteiger charge is -2.23. The van der Waals surface area contributed by atoms with Gasteiger partial charge in [0, 0.05) is 12.2 Å². The van der Waals surface area contributed by atoms with Crippen LogP contribution < -0.4 is 10.6 Å². The Hall–Kier alpha value is -1.84. The van der Waals surface area contributed by atoms with Crippen molar-refractivity contribution in [3.63, 3.8) is 0 Å². The molecule has 4 nitrogen and oxygen atoms in total. The van der Waals surface area contributed by atoms with Crippen LogP contribution >= 0.6 is 0 Å². The van der Waals surface area contributed by atoms with Crippen molar-refractivity contribution in [2.24, 2.45) is 5.41 Å². The minimum absolute atomic E-state index is 0.0713. The molecule has 22 heavy (non-hydrogen) atoms. The van der Waals surface area contributed by atoms with Gasteiger partial charge in [-0.2, -0.15) is 0 Å². The molecule has 2 amide bonds. The molecular weight excluding hydrogens is 276 g/mol. The van der Waals surface area contributed by atoms with Gasteiger partial charge in [-0.25, -0.2) is 0 Å². The van der Waals surface area contributed by atoms with Crippen molar-refractivity contribution in [3.8, 4) is 0 Å². The van der Waals surface area contributed by atoms with Gasteiger partial charge in [0.25, 0.3) is 0 Å². The molecule has 0 aliphatic rings. The van der Waals surface area contributed by atoms with Crippen LogP contribution in [0.25, 0.3) is 0 Å². The topological polar surface area (TPSA) is 58.2 Å². The van der Waals surface area contributed by atoms with E-state index in [0.717, 1.165) is 6.42 Å². The molecule has 0 radical (unpaired) electrons. The van der Waals surface area contributed by atoms with Crippen molar-refractivity contribution in [2.75, 3.05) is 11.9 Å². The minimum Gasteiger partial charge on any atom is -0.355 e. The number of carbonyl (C=O) groups is 2. The highest BCUT2D eigenvalue weighted by molar-refractivity contribution is 6.09. The van der Waals surface area contributed by atoms with Crippen molar-refractivity contribution in [3.05, 3.63) is 29.8 Å². The molecule has 1 aromatic rings. The Balaban J connectivity index is 2.77. The zero-order valence-electron chi connectivity index (χ0n) is 14.5. The van der Waals surface area contributed by atoms with E-state index in [1.165, 1.54) is 5.56 Å². The van der Waals surface area contributed by atoms with Crippen molar-refractivity contribution in [1.29, 1.82) is 0 Å². The van der Waals surface area contributed by atoms with Crippen LogP contribution in [0.15, 0.2) is 24.3 Å². The number of rotatable bonds is 5. The Morgan fingerprint density at radius 3 is 1.95 bits per heavy atom. The largest absolute Gasteiger partial charge is 0.355 e. The summed E-state index contributed by atoms with van der Waals surface area (Å²) in [6.45, 7) is 12.2. The third kappa shape index (κ3) is 4.58. The van der Waals surface area contributed by atoms with Gasteiger partial charge >= 0.3 is 0 Å². The molecule has 0 heterocycles. The second-order valence-electron chi connectivity index (χ2n) is 7.16. The van der Waals surface area contributed by atoms with E-state index < -0.39 is 5.41 Å². The number of hydrogen-bond acceptors (Lipinski definition) is 2. The van der Waals surface area contributed by atoms with E-state index in [-0.39, 0.29) is 17.2 Å². The molecule has 4 heteroatoms. The predicted octanol–water partition coefficient (Wildman–Crippen LogP) is 3.48. The number of anilines is 1. The Kier molecular flexibility index (Phi) is 5.75. The summed E-state index contributed by atoms with van der Waals surface area (Å²) >= 11 is 0. The van der Waals surface area contributed by atoms with Crippen LogP contribution in [0.5, 0.6) is 0 Å². The van der Waals surface area contributed by atoms with Crippen LogP contribution in [0.2, 0.25) is 0 Å². The molecule has 0 saturated carbocycles. The number of benzene rings is 1. The zero-order valence-corrected chi connectivity index (χ0v) is 14.5. The monoisotopic (exact) mass is 304 g/mol. The van der Waals surface area contributed by atoms with Gasteiger partial charge in [0.05, 0.1) is 0 Å². The van der Waals surface area contributed by atoms with E-state index >= 15 is 0 Å². The Bertz CT molecular complexity index is 525. The summed E-state index contributed by atoms with van der Waals surface area (Å²) in [6.07, 6.45) is 0.845. The maximum Gasteiger partial charge on any atom is 0.239 e. The molecule has 0 aromatic heterocycles. The zero-order chi connectivity index (χ0) is 17.0. The SMILES string of the molecule is CCCNC(=O)C(C)(C)C(=O)Nc1ccc(C(C)(C)C)cc1. The summed E-state index contributed by atoms with van der Waals surface area (Å²) in [6, 6.07) is 7.75. The number of hydrogen-bond donors (Lipinski definition) is 2. The number of carbonyl (C=O) groups excluding carboxylic acids is 2. The summed E-state index contributed by atoms with van der Waals surface area (Å²) in [5, 5.41) is 5.59. The molecule has 0 bridgehead atoms. The first-order valence-electron chi connectivity index (χ1n) is 7.79. The van der Waals surface area contributed by atoms with E-state index in [2.05, 4.69) is 31.4 Å². The van der Waals surface area contributed by atoms with Crippen LogP contribution in [0.1, 0.15) is 53.5 Å². The third-order valence-corrected chi connectivity index (χ3v) is 3.68. The summed E-state index contributed by atoms with van der Waals surface area (Å²) in [4.78, 5) is 24.4. The lowest BCUT2D eigenvalue weighted by molar-refractivity contribution is -0.138. The summed E-state index contributed by atoms with van der Waals surface area (Å²) in [7, 11) is 0. The molecule has 122 valence electrons. The van der Waals surface area contributed by atoms with Gasteiger partial charge in [0.1, 0.15) is 5.41 Å². The third-order valence-electron chi connectivity index (χ3n) is 3.68. The Morgan fingerprint density at radius 1 is 0.955 bits per heavy atom. The van der Waals surface area contributed by atoms with Crippen LogP contribution in [0.4, 0.5) is 5.69 Å². The first-order chi connectivity index (χ1) is 10.1. The molecule has 0 fully saturated rings. The van der Waals surface area contributed by atoms with E-state index in [4.69, 9.17) is 0 Å². The van der Waals surface area contributed by atoms with E-state index in [9.17, 15) is 9.59 Å². The fraction of sp³-hybridized carbons (Fsp3) is 0.556. The molecule has 0 spiro atoms. The number of nitrogens with one attached hydrogen (secondary N) is 2. The summed E-state index contributed by atoms with van der Waals surface area (Å²) in [5.41, 5.74) is 0.875. The van der Waals surface area contributed by atoms with Gasteiger partial charge in [-0.05, 0) is 43.4 Å². The normalized spacial score (nSPS) is 11.9. The van der Waals surface area contributed by atoms with Crippen LogP contribution in [-0.4, -0.2) is 18.4 Å². The lowest BCUT2D eigenvalue weighted by atomic mass is 9.87. The van der Waals surface area contributed by atoms with Gasteiger partial charge in [-0.15, -0.1) is 0 Å². The lowest BCUT2D eigenvalue weighted by Crippen LogP contribution is -2.45. The maximum absolute atomic E-state index is 12.3. The van der Waals surface area contributed by atoms with E-state index in [0.29, 0.717) is 12.2 Å². The quantitative estimate of drug-likeness (QED) is 0.818. The van der Waals surface area contributed by atoms with Crippen molar-refractivity contribution >= 4 is 17.5 Å². The van der Waals surface area contributed by atoms with Gasteiger partial charge in [-0.3, -0.25) is 9.59 Å². The molecule has 1 rings (SSSR count). The first kappa shape index (κ1) is 18.2. The van der Waals surface area contributed by atoms with Crippen LogP contribution in [0, 0.1) is 5.41 Å². The van der Waals surface area contributed by atoms with Gasteiger partial charge in [0.15, 0.2) is 0 Å². The first-order valence-corrected chi connectivity index (χ1v) is 7.79.